The van der Waals surface area contributed by atoms with Gasteiger partial charge in [0.25, 0.3) is 0 Å². The summed E-state index contributed by atoms with van der Waals surface area (Å²) in [5, 5.41) is 9.08. The van der Waals surface area contributed by atoms with E-state index in [-0.39, 0.29) is 0 Å². The van der Waals surface area contributed by atoms with Gasteiger partial charge in [-0.05, 0) is 6.07 Å². The molecular weight excluding hydrogens is 204 g/mol. The molecule has 1 rings (SSSR count). The number of alkyl halides is 1. The Hall–Kier alpha value is -0.720. The molecule has 0 aromatic carbocycles. The van der Waals surface area contributed by atoms with Gasteiger partial charge in [0.15, 0.2) is 0 Å². The molecule has 1 heterocycles. The first-order chi connectivity index (χ1) is 6.27. The average Bonchev–Trinajstić information content (AvgIpc) is 2.18. The van der Waals surface area contributed by atoms with Gasteiger partial charge in [0.05, 0.1) is 5.56 Å². The fourth-order valence-electron chi connectivity index (χ4n) is 0.814. The van der Waals surface area contributed by atoms with Crippen molar-refractivity contribution in [3.05, 3.63) is 24.0 Å². The van der Waals surface area contributed by atoms with Gasteiger partial charge in [0.1, 0.15) is 6.07 Å². The summed E-state index contributed by atoms with van der Waals surface area (Å²) in [4.78, 5) is 4.87. The maximum absolute atomic E-state index is 8.78. The van der Waals surface area contributed by atoms with Crippen LogP contribution >= 0.6 is 23.4 Å². The predicted octanol–water partition coefficient (Wildman–Crippen LogP) is 2.67. The number of aromatic nitrogens is 1. The molecule has 0 aliphatic carbocycles. The standard InChI is InChI=1S/C9H9ClN2S/c1-7(4-10)13-9-6-12-3-2-8(9)5-11/h2-3,6-7H,4H2,1H3. The number of thioether (sulfide) groups is 1. The van der Waals surface area contributed by atoms with Gasteiger partial charge in [-0.2, -0.15) is 5.26 Å². The quantitative estimate of drug-likeness (QED) is 0.571. The van der Waals surface area contributed by atoms with Gasteiger partial charge in [-0.1, -0.05) is 6.92 Å². The molecule has 1 aromatic rings. The molecule has 0 bridgehead atoms. The third-order valence-electron chi connectivity index (χ3n) is 1.45. The van der Waals surface area contributed by atoms with E-state index in [1.54, 1.807) is 30.2 Å². The largest absolute Gasteiger partial charge is 0.263 e. The van der Waals surface area contributed by atoms with Crippen molar-refractivity contribution in [3.63, 3.8) is 0 Å². The first kappa shape index (κ1) is 10.4. The molecule has 1 atom stereocenters. The summed E-state index contributed by atoms with van der Waals surface area (Å²) in [5.74, 6) is 0.574. The third kappa shape index (κ3) is 2.91. The second kappa shape index (κ2) is 5.11. The van der Waals surface area contributed by atoms with Crippen molar-refractivity contribution < 1.29 is 0 Å². The summed E-state index contributed by atoms with van der Waals surface area (Å²) in [6.07, 6.45) is 3.32. The van der Waals surface area contributed by atoms with Crippen LogP contribution in [0, 0.1) is 11.3 Å². The highest BCUT2D eigenvalue weighted by Gasteiger charge is 2.06. The molecule has 0 fully saturated rings. The number of hydrogen-bond acceptors (Lipinski definition) is 3. The lowest BCUT2D eigenvalue weighted by Gasteiger charge is -2.07. The molecule has 2 nitrogen and oxygen atoms in total. The topological polar surface area (TPSA) is 36.7 Å². The zero-order valence-electron chi connectivity index (χ0n) is 7.20. The van der Waals surface area contributed by atoms with Crippen LogP contribution in [0.2, 0.25) is 0 Å². The number of nitriles is 1. The van der Waals surface area contributed by atoms with Gasteiger partial charge in [0.2, 0.25) is 0 Å². The van der Waals surface area contributed by atoms with Gasteiger partial charge in [-0.15, -0.1) is 23.4 Å². The molecule has 0 spiro atoms. The van der Waals surface area contributed by atoms with Crippen molar-refractivity contribution >= 4 is 23.4 Å². The molecule has 13 heavy (non-hydrogen) atoms. The number of rotatable bonds is 3. The molecular formula is C9H9ClN2S. The van der Waals surface area contributed by atoms with E-state index < -0.39 is 0 Å². The molecule has 0 amide bonds. The Balaban J connectivity index is 2.82. The van der Waals surface area contributed by atoms with Gasteiger partial charge in [-0.25, -0.2) is 0 Å². The Morgan fingerprint density at radius 1 is 1.77 bits per heavy atom. The van der Waals surface area contributed by atoms with Gasteiger partial charge in [-0.3, -0.25) is 4.98 Å². The van der Waals surface area contributed by atoms with Gasteiger partial charge in [0, 0.05) is 28.4 Å². The summed E-state index contributed by atoms with van der Waals surface area (Å²) >= 11 is 7.25. The average molecular weight is 213 g/mol. The molecule has 0 saturated carbocycles. The van der Waals surface area contributed by atoms with Crippen molar-refractivity contribution in [3.8, 4) is 6.07 Å². The van der Waals surface area contributed by atoms with E-state index in [2.05, 4.69) is 11.1 Å². The third-order valence-corrected chi connectivity index (χ3v) is 3.24. The minimum absolute atomic E-state index is 0.304. The summed E-state index contributed by atoms with van der Waals surface area (Å²) in [7, 11) is 0. The van der Waals surface area contributed by atoms with E-state index >= 15 is 0 Å². The Kier molecular flexibility index (Phi) is 4.07. The molecule has 68 valence electrons. The smallest absolute Gasteiger partial charge is 0.100 e. The monoisotopic (exact) mass is 212 g/mol. The summed E-state index contributed by atoms with van der Waals surface area (Å²) in [6, 6.07) is 3.83. The van der Waals surface area contributed by atoms with Crippen LogP contribution in [0.1, 0.15) is 12.5 Å². The summed E-state index contributed by atoms with van der Waals surface area (Å²) in [5.41, 5.74) is 0.664. The minimum Gasteiger partial charge on any atom is -0.263 e. The molecule has 0 aliphatic rings. The van der Waals surface area contributed by atoms with Crippen LogP contribution in [0.15, 0.2) is 23.4 Å². The van der Waals surface area contributed by atoms with Crippen LogP contribution in [0.5, 0.6) is 0 Å². The molecule has 1 aromatic heterocycles. The van der Waals surface area contributed by atoms with Crippen LogP contribution < -0.4 is 0 Å². The first-order valence-corrected chi connectivity index (χ1v) is 5.26. The highest BCUT2D eigenvalue weighted by atomic mass is 35.5. The Morgan fingerprint density at radius 3 is 3.15 bits per heavy atom. The van der Waals surface area contributed by atoms with Gasteiger partial charge < -0.3 is 0 Å². The van der Waals surface area contributed by atoms with E-state index in [0.29, 0.717) is 16.7 Å². The van der Waals surface area contributed by atoms with Gasteiger partial charge >= 0.3 is 0 Å². The molecule has 1 unspecified atom stereocenters. The van der Waals surface area contributed by atoms with E-state index in [9.17, 15) is 0 Å². The van der Waals surface area contributed by atoms with Crippen LogP contribution in [-0.2, 0) is 0 Å². The normalized spacial score (nSPS) is 12.1. The second-order valence-electron chi connectivity index (χ2n) is 2.57. The SMILES string of the molecule is CC(CCl)Sc1cnccc1C#N. The van der Waals surface area contributed by atoms with Crippen LogP contribution in [0.3, 0.4) is 0 Å². The Morgan fingerprint density at radius 2 is 2.54 bits per heavy atom. The fraction of sp³-hybridized carbons (Fsp3) is 0.333. The lowest BCUT2D eigenvalue weighted by molar-refractivity contribution is 1.11. The highest BCUT2D eigenvalue weighted by Crippen LogP contribution is 2.25. The molecule has 0 aliphatic heterocycles. The fourth-order valence-corrected chi connectivity index (χ4v) is 1.86. The van der Waals surface area contributed by atoms with Crippen molar-refractivity contribution in [2.24, 2.45) is 0 Å². The Labute approximate surface area is 86.9 Å². The zero-order chi connectivity index (χ0) is 9.68. The van der Waals surface area contributed by atoms with Crippen LogP contribution in [0.4, 0.5) is 0 Å². The predicted molar refractivity (Wildman–Crippen MR) is 55.0 cm³/mol. The lowest BCUT2D eigenvalue weighted by atomic mass is 10.3. The van der Waals surface area contributed by atoms with E-state index in [1.807, 2.05) is 6.92 Å². The van der Waals surface area contributed by atoms with Crippen molar-refractivity contribution in [2.75, 3.05) is 5.88 Å². The van der Waals surface area contributed by atoms with Crippen molar-refractivity contribution in [1.82, 2.24) is 4.98 Å². The van der Waals surface area contributed by atoms with E-state index in [4.69, 9.17) is 16.9 Å². The minimum atomic E-state index is 0.304. The van der Waals surface area contributed by atoms with Crippen molar-refractivity contribution in [1.29, 1.82) is 5.26 Å². The van der Waals surface area contributed by atoms with Crippen LogP contribution in [-0.4, -0.2) is 16.1 Å². The van der Waals surface area contributed by atoms with Crippen molar-refractivity contribution in [2.45, 2.75) is 17.1 Å². The first-order valence-electron chi connectivity index (χ1n) is 3.84. The summed E-state index contributed by atoms with van der Waals surface area (Å²) in [6.45, 7) is 2.02. The number of nitrogens with zero attached hydrogens (tertiary/aromatic N) is 2. The molecule has 0 saturated heterocycles. The highest BCUT2D eigenvalue weighted by molar-refractivity contribution is 8.00. The maximum atomic E-state index is 8.78. The Bertz CT molecular complexity index is 322. The van der Waals surface area contributed by atoms with E-state index in [1.165, 1.54) is 0 Å². The van der Waals surface area contributed by atoms with Crippen LogP contribution in [0.25, 0.3) is 0 Å². The number of pyridine rings is 1. The lowest BCUT2D eigenvalue weighted by Crippen LogP contribution is -1.97. The zero-order valence-corrected chi connectivity index (χ0v) is 8.77. The molecule has 4 heteroatoms. The molecule has 0 N–H and O–H groups in total. The maximum Gasteiger partial charge on any atom is 0.100 e. The van der Waals surface area contributed by atoms with E-state index in [0.717, 1.165) is 4.90 Å². The second-order valence-corrected chi connectivity index (χ2v) is 4.36. The number of hydrogen-bond donors (Lipinski definition) is 0. The molecule has 0 radical (unpaired) electrons. The summed E-state index contributed by atoms with van der Waals surface area (Å²) < 4.78 is 0. The number of halogens is 1.